The molecule has 0 unspecified atom stereocenters. The van der Waals surface area contributed by atoms with Gasteiger partial charge in [-0.2, -0.15) is 4.37 Å². The Kier molecular flexibility index (Phi) is 7.99. The van der Waals surface area contributed by atoms with Crippen LogP contribution >= 0.6 is 35.5 Å². The van der Waals surface area contributed by atoms with Crippen molar-refractivity contribution in [2.24, 2.45) is 10.9 Å². The highest BCUT2D eigenvalue weighted by Crippen LogP contribution is 2.26. The van der Waals surface area contributed by atoms with Crippen LogP contribution in [0.4, 0.5) is 5.13 Å². The van der Waals surface area contributed by atoms with Gasteiger partial charge in [0.2, 0.25) is 5.13 Å². The monoisotopic (exact) mass is 464 g/mol. The summed E-state index contributed by atoms with van der Waals surface area (Å²) in [4.78, 5) is 14.2. The first-order valence-corrected chi connectivity index (χ1v) is 9.68. The number of rotatable bonds is 5. The molecule has 1 N–H and O–H groups in total. The molecular weight excluding hydrogens is 435 g/mol. The van der Waals surface area contributed by atoms with E-state index in [9.17, 15) is 0 Å². The molecule has 2 fully saturated rings. The van der Waals surface area contributed by atoms with E-state index in [-0.39, 0.29) is 24.0 Å². The number of anilines is 1. The third-order valence-corrected chi connectivity index (χ3v) is 5.50. The fourth-order valence-corrected chi connectivity index (χ4v) is 3.74. The van der Waals surface area contributed by atoms with Crippen LogP contribution in [-0.2, 0) is 6.42 Å². The predicted molar refractivity (Wildman–Crippen MR) is 112 cm³/mol. The maximum Gasteiger partial charge on any atom is 0.205 e. The van der Waals surface area contributed by atoms with Crippen LogP contribution in [0.5, 0.6) is 0 Å². The predicted octanol–water partition coefficient (Wildman–Crippen LogP) is 2.61. The van der Waals surface area contributed by atoms with Crippen molar-refractivity contribution in [3.05, 3.63) is 5.82 Å². The van der Waals surface area contributed by atoms with Crippen molar-refractivity contribution < 1.29 is 0 Å². The molecule has 3 rings (SSSR count). The molecule has 0 aromatic carbocycles. The number of halogens is 1. The zero-order chi connectivity index (χ0) is 16.1. The van der Waals surface area contributed by atoms with Gasteiger partial charge in [-0.05, 0) is 25.7 Å². The third kappa shape index (κ3) is 4.93. The van der Waals surface area contributed by atoms with Gasteiger partial charge in [-0.1, -0.05) is 13.3 Å². The SMILES string of the molecule is CCNC(=NCC1CCC1)N1CCN(c2nc(CC)ns2)CC1.I. The van der Waals surface area contributed by atoms with E-state index in [4.69, 9.17) is 4.99 Å². The van der Waals surface area contributed by atoms with Crippen molar-refractivity contribution in [1.29, 1.82) is 0 Å². The standard InChI is InChI=1S/C16H28N6S.HI/c1-3-14-19-16(23-20-14)22-10-8-21(9-11-22)15(17-4-2)18-12-13-6-5-7-13;/h13H,3-12H2,1-2H3,(H,17,18);1H. The molecule has 1 saturated heterocycles. The van der Waals surface area contributed by atoms with E-state index in [0.29, 0.717) is 0 Å². The molecule has 1 aromatic rings. The van der Waals surface area contributed by atoms with Crippen molar-refractivity contribution in [2.45, 2.75) is 39.5 Å². The largest absolute Gasteiger partial charge is 0.357 e. The van der Waals surface area contributed by atoms with Gasteiger partial charge in [-0.15, -0.1) is 24.0 Å². The van der Waals surface area contributed by atoms with E-state index in [1.807, 2.05) is 0 Å². The average molecular weight is 464 g/mol. The molecule has 1 saturated carbocycles. The second-order valence-electron chi connectivity index (χ2n) is 6.31. The normalized spacial score (nSPS) is 19.0. The second kappa shape index (κ2) is 9.74. The maximum atomic E-state index is 4.86. The zero-order valence-electron chi connectivity index (χ0n) is 14.7. The van der Waals surface area contributed by atoms with E-state index in [2.05, 4.69) is 38.3 Å². The molecule has 2 aliphatic rings. The van der Waals surface area contributed by atoms with E-state index < -0.39 is 0 Å². The number of nitrogens with zero attached hydrogens (tertiary/aromatic N) is 5. The summed E-state index contributed by atoms with van der Waals surface area (Å²) >= 11 is 1.53. The van der Waals surface area contributed by atoms with E-state index >= 15 is 0 Å². The Hall–Kier alpha value is -0.640. The molecule has 6 nitrogen and oxygen atoms in total. The number of aryl methyl sites for hydroxylation is 1. The first-order chi connectivity index (χ1) is 11.3. The highest BCUT2D eigenvalue weighted by atomic mass is 127. The lowest BCUT2D eigenvalue weighted by Crippen LogP contribution is -2.52. The van der Waals surface area contributed by atoms with Gasteiger partial charge in [-0.25, -0.2) is 4.98 Å². The molecular formula is C16H29IN6S. The number of guanidine groups is 1. The minimum Gasteiger partial charge on any atom is -0.357 e. The molecule has 0 radical (unpaired) electrons. The summed E-state index contributed by atoms with van der Waals surface area (Å²) < 4.78 is 4.40. The summed E-state index contributed by atoms with van der Waals surface area (Å²) in [6.45, 7) is 10.1. The van der Waals surface area contributed by atoms with Crippen molar-refractivity contribution in [1.82, 2.24) is 19.6 Å². The molecule has 1 aliphatic carbocycles. The van der Waals surface area contributed by atoms with Gasteiger partial charge < -0.3 is 15.1 Å². The van der Waals surface area contributed by atoms with E-state index in [1.165, 1.54) is 30.8 Å². The lowest BCUT2D eigenvalue weighted by atomic mass is 9.86. The Labute approximate surface area is 166 Å². The number of hydrogen-bond acceptors (Lipinski definition) is 5. The van der Waals surface area contributed by atoms with Crippen LogP contribution in [0.25, 0.3) is 0 Å². The Bertz CT molecular complexity index is 522. The summed E-state index contributed by atoms with van der Waals surface area (Å²) in [5, 5.41) is 4.52. The van der Waals surface area contributed by atoms with Crippen LogP contribution < -0.4 is 10.2 Å². The number of hydrogen-bond donors (Lipinski definition) is 1. The van der Waals surface area contributed by atoms with Gasteiger partial charge in [-0.3, -0.25) is 4.99 Å². The quantitative estimate of drug-likeness (QED) is 0.413. The third-order valence-electron chi connectivity index (χ3n) is 4.68. The fourth-order valence-electron chi connectivity index (χ4n) is 2.94. The van der Waals surface area contributed by atoms with Crippen molar-refractivity contribution >= 4 is 46.6 Å². The molecule has 0 spiro atoms. The Morgan fingerprint density at radius 1 is 1.25 bits per heavy atom. The molecule has 0 atom stereocenters. The Morgan fingerprint density at radius 2 is 2.00 bits per heavy atom. The molecule has 136 valence electrons. The molecule has 1 aliphatic heterocycles. The average Bonchev–Trinajstić information content (AvgIpc) is 3.02. The lowest BCUT2D eigenvalue weighted by Gasteiger charge is -2.36. The van der Waals surface area contributed by atoms with Crippen molar-refractivity contribution in [3.8, 4) is 0 Å². The first kappa shape index (κ1) is 19.7. The fraction of sp³-hybridized carbons (Fsp3) is 0.812. The lowest BCUT2D eigenvalue weighted by molar-refractivity contribution is 0.320. The second-order valence-corrected chi connectivity index (χ2v) is 7.04. The number of piperazine rings is 1. The topological polar surface area (TPSA) is 56.7 Å². The summed E-state index contributed by atoms with van der Waals surface area (Å²) in [7, 11) is 0. The van der Waals surface area contributed by atoms with Gasteiger partial charge in [0.1, 0.15) is 5.82 Å². The number of nitrogens with one attached hydrogen (secondary N) is 1. The highest BCUT2D eigenvalue weighted by Gasteiger charge is 2.23. The van der Waals surface area contributed by atoms with Gasteiger partial charge in [0.05, 0.1) is 0 Å². The van der Waals surface area contributed by atoms with Crippen LogP contribution in [0, 0.1) is 5.92 Å². The number of aromatic nitrogens is 2. The Balaban J connectivity index is 0.00000208. The minimum absolute atomic E-state index is 0. The summed E-state index contributed by atoms with van der Waals surface area (Å²) in [6.07, 6.45) is 5.01. The van der Waals surface area contributed by atoms with Crippen LogP contribution in [0.1, 0.15) is 38.9 Å². The molecule has 24 heavy (non-hydrogen) atoms. The van der Waals surface area contributed by atoms with Gasteiger partial charge in [0, 0.05) is 57.2 Å². The van der Waals surface area contributed by atoms with Gasteiger partial charge in [0.25, 0.3) is 0 Å². The summed E-state index contributed by atoms with van der Waals surface area (Å²) in [6, 6.07) is 0. The highest BCUT2D eigenvalue weighted by molar-refractivity contribution is 14.0. The van der Waals surface area contributed by atoms with Crippen molar-refractivity contribution in [2.75, 3.05) is 44.2 Å². The van der Waals surface area contributed by atoms with Crippen LogP contribution in [0.15, 0.2) is 4.99 Å². The van der Waals surface area contributed by atoms with Gasteiger partial charge >= 0.3 is 0 Å². The minimum atomic E-state index is 0. The smallest absolute Gasteiger partial charge is 0.205 e. The van der Waals surface area contributed by atoms with Gasteiger partial charge in [0.15, 0.2) is 5.96 Å². The molecule has 0 amide bonds. The molecule has 0 bridgehead atoms. The van der Waals surface area contributed by atoms with Crippen LogP contribution in [0.2, 0.25) is 0 Å². The Morgan fingerprint density at radius 3 is 2.54 bits per heavy atom. The summed E-state index contributed by atoms with van der Waals surface area (Å²) in [5.74, 6) is 2.87. The molecule has 8 heteroatoms. The van der Waals surface area contributed by atoms with E-state index in [1.54, 1.807) is 0 Å². The van der Waals surface area contributed by atoms with Crippen molar-refractivity contribution in [3.63, 3.8) is 0 Å². The maximum absolute atomic E-state index is 4.86. The first-order valence-electron chi connectivity index (χ1n) is 8.91. The summed E-state index contributed by atoms with van der Waals surface area (Å²) in [5.41, 5.74) is 0. The van der Waals surface area contributed by atoms with E-state index in [0.717, 1.165) is 68.5 Å². The van der Waals surface area contributed by atoms with Crippen LogP contribution in [0.3, 0.4) is 0 Å². The zero-order valence-corrected chi connectivity index (χ0v) is 17.8. The molecule has 2 heterocycles. The number of aliphatic imine (C=N–C) groups is 1. The molecule has 1 aromatic heterocycles. The van der Waals surface area contributed by atoms with Crippen LogP contribution in [-0.4, -0.2) is 59.5 Å².